The first-order valence-electron chi connectivity index (χ1n) is 7.99. The molecule has 1 aliphatic rings. The van der Waals surface area contributed by atoms with Crippen molar-refractivity contribution < 1.29 is 24.2 Å². The quantitative estimate of drug-likeness (QED) is 0.922. The number of methoxy groups -OCH3 is 1. The van der Waals surface area contributed by atoms with E-state index in [1.54, 1.807) is 18.2 Å². The SMILES string of the molecule is COc1ccc2c(c1)C(C(=O)O)CCN2C(=O)OCc1ccccc1. The Labute approximate surface area is 145 Å². The molecule has 0 fully saturated rings. The standard InChI is InChI=1S/C19H19NO5/c1-24-14-7-8-17-16(11-14)15(18(21)22)9-10-20(17)19(23)25-12-13-5-3-2-4-6-13/h2-8,11,15H,9-10,12H2,1H3,(H,21,22). The lowest BCUT2D eigenvalue weighted by molar-refractivity contribution is -0.139. The number of aliphatic carboxylic acids is 1. The molecule has 0 radical (unpaired) electrons. The van der Waals surface area contributed by atoms with Gasteiger partial charge < -0.3 is 14.6 Å². The van der Waals surface area contributed by atoms with Crippen LogP contribution in [0.3, 0.4) is 0 Å². The predicted octanol–water partition coefficient (Wildman–Crippen LogP) is 3.41. The van der Waals surface area contributed by atoms with Gasteiger partial charge in [-0.1, -0.05) is 30.3 Å². The maximum Gasteiger partial charge on any atom is 0.414 e. The normalized spacial score (nSPS) is 16.0. The summed E-state index contributed by atoms with van der Waals surface area (Å²) >= 11 is 0. The smallest absolute Gasteiger partial charge is 0.414 e. The van der Waals surface area contributed by atoms with Gasteiger partial charge in [0.2, 0.25) is 0 Å². The molecule has 0 saturated carbocycles. The van der Waals surface area contributed by atoms with E-state index in [-0.39, 0.29) is 6.61 Å². The van der Waals surface area contributed by atoms with Crippen molar-refractivity contribution in [3.8, 4) is 5.75 Å². The second kappa shape index (κ2) is 7.25. The second-order valence-corrected chi connectivity index (χ2v) is 5.80. The zero-order valence-electron chi connectivity index (χ0n) is 13.8. The predicted molar refractivity (Wildman–Crippen MR) is 92.0 cm³/mol. The van der Waals surface area contributed by atoms with Gasteiger partial charge in [0.05, 0.1) is 18.7 Å². The molecule has 0 aromatic heterocycles. The van der Waals surface area contributed by atoms with Crippen LogP contribution in [0.25, 0.3) is 0 Å². The van der Waals surface area contributed by atoms with Crippen molar-refractivity contribution in [2.45, 2.75) is 18.9 Å². The lowest BCUT2D eigenvalue weighted by atomic mass is 9.90. The highest BCUT2D eigenvalue weighted by molar-refractivity contribution is 5.92. The van der Waals surface area contributed by atoms with E-state index in [4.69, 9.17) is 9.47 Å². The van der Waals surface area contributed by atoms with Gasteiger partial charge in [-0.05, 0) is 35.7 Å². The summed E-state index contributed by atoms with van der Waals surface area (Å²) in [6.45, 7) is 0.466. The van der Waals surface area contributed by atoms with Crippen LogP contribution in [0, 0.1) is 0 Å². The monoisotopic (exact) mass is 341 g/mol. The van der Waals surface area contributed by atoms with Crippen molar-refractivity contribution in [2.24, 2.45) is 0 Å². The fourth-order valence-corrected chi connectivity index (χ4v) is 2.96. The Bertz CT molecular complexity index is 775. The van der Waals surface area contributed by atoms with E-state index in [2.05, 4.69) is 0 Å². The van der Waals surface area contributed by atoms with E-state index in [0.717, 1.165) is 5.56 Å². The first kappa shape index (κ1) is 16.8. The topological polar surface area (TPSA) is 76.1 Å². The minimum atomic E-state index is -0.910. The van der Waals surface area contributed by atoms with Gasteiger partial charge in [0.1, 0.15) is 12.4 Å². The van der Waals surface area contributed by atoms with Crippen molar-refractivity contribution >= 4 is 17.7 Å². The van der Waals surface area contributed by atoms with Crippen LogP contribution in [-0.4, -0.2) is 30.8 Å². The second-order valence-electron chi connectivity index (χ2n) is 5.80. The molecule has 0 spiro atoms. The van der Waals surface area contributed by atoms with Crippen molar-refractivity contribution in [2.75, 3.05) is 18.6 Å². The van der Waals surface area contributed by atoms with Crippen LogP contribution in [0.1, 0.15) is 23.5 Å². The summed E-state index contributed by atoms with van der Waals surface area (Å²) in [6.07, 6.45) is -0.158. The number of fused-ring (bicyclic) bond motifs is 1. The molecular weight excluding hydrogens is 322 g/mol. The molecule has 2 aromatic rings. The van der Waals surface area contributed by atoms with Crippen LogP contribution in [-0.2, 0) is 16.1 Å². The zero-order valence-corrected chi connectivity index (χ0v) is 13.8. The molecule has 1 unspecified atom stereocenters. The van der Waals surface area contributed by atoms with Crippen molar-refractivity contribution in [1.82, 2.24) is 0 Å². The number of carboxylic acid groups (broad SMARTS) is 1. The third-order valence-electron chi connectivity index (χ3n) is 4.27. The lowest BCUT2D eigenvalue weighted by Crippen LogP contribution is -2.38. The highest BCUT2D eigenvalue weighted by Gasteiger charge is 2.33. The van der Waals surface area contributed by atoms with Crippen LogP contribution in [0.15, 0.2) is 48.5 Å². The molecule has 1 aliphatic heterocycles. The van der Waals surface area contributed by atoms with Crippen LogP contribution >= 0.6 is 0 Å². The van der Waals surface area contributed by atoms with Gasteiger partial charge >= 0.3 is 12.1 Å². The van der Waals surface area contributed by atoms with E-state index in [0.29, 0.717) is 30.0 Å². The van der Waals surface area contributed by atoms with Gasteiger partial charge in [0, 0.05) is 6.54 Å². The van der Waals surface area contributed by atoms with Gasteiger partial charge in [-0.15, -0.1) is 0 Å². The molecular formula is C19H19NO5. The largest absolute Gasteiger partial charge is 0.497 e. The minimum Gasteiger partial charge on any atom is -0.497 e. The van der Waals surface area contributed by atoms with Crippen LogP contribution < -0.4 is 9.64 Å². The Morgan fingerprint density at radius 2 is 1.96 bits per heavy atom. The van der Waals surface area contributed by atoms with E-state index in [1.807, 2.05) is 30.3 Å². The highest BCUT2D eigenvalue weighted by Crippen LogP contribution is 2.38. The first-order valence-corrected chi connectivity index (χ1v) is 7.99. The fourth-order valence-electron chi connectivity index (χ4n) is 2.96. The van der Waals surface area contributed by atoms with Gasteiger partial charge in [-0.3, -0.25) is 9.69 Å². The molecule has 6 heteroatoms. The number of carbonyl (C=O) groups excluding carboxylic acids is 1. The molecule has 1 amide bonds. The van der Waals surface area contributed by atoms with Crippen molar-refractivity contribution in [3.05, 3.63) is 59.7 Å². The highest BCUT2D eigenvalue weighted by atomic mass is 16.6. The van der Waals surface area contributed by atoms with Gasteiger partial charge in [-0.2, -0.15) is 0 Å². The molecule has 0 bridgehead atoms. The molecule has 130 valence electrons. The molecule has 1 heterocycles. The molecule has 1 N–H and O–H groups in total. The van der Waals surface area contributed by atoms with Crippen molar-refractivity contribution in [3.63, 3.8) is 0 Å². The number of nitrogens with zero attached hydrogens (tertiary/aromatic N) is 1. The van der Waals surface area contributed by atoms with Gasteiger partial charge in [0.15, 0.2) is 0 Å². The summed E-state index contributed by atoms with van der Waals surface area (Å²) in [5.41, 5.74) is 2.01. The molecule has 3 rings (SSSR count). The van der Waals surface area contributed by atoms with E-state index < -0.39 is 18.0 Å². The third kappa shape index (κ3) is 3.57. The third-order valence-corrected chi connectivity index (χ3v) is 4.27. The van der Waals surface area contributed by atoms with Crippen LogP contribution in [0.4, 0.5) is 10.5 Å². The Morgan fingerprint density at radius 3 is 2.64 bits per heavy atom. The Kier molecular flexibility index (Phi) is 4.88. The maximum atomic E-state index is 12.5. The number of carboxylic acids is 1. The number of hydrogen-bond donors (Lipinski definition) is 1. The number of benzene rings is 2. The number of carbonyl (C=O) groups is 2. The Balaban J connectivity index is 1.82. The summed E-state index contributed by atoms with van der Waals surface area (Å²) in [7, 11) is 1.52. The molecule has 6 nitrogen and oxygen atoms in total. The average molecular weight is 341 g/mol. The fraction of sp³-hybridized carbons (Fsp3) is 0.263. The van der Waals surface area contributed by atoms with Gasteiger partial charge in [-0.25, -0.2) is 4.79 Å². The molecule has 0 aliphatic carbocycles. The lowest BCUT2D eigenvalue weighted by Gasteiger charge is -2.32. The van der Waals surface area contributed by atoms with Crippen molar-refractivity contribution in [1.29, 1.82) is 0 Å². The van der Waals surface area contributed by atoms with E-state index in [9.17, 15) is 14.7 Å². The van der Waals surface area contributed by atoms with E-state index in [1.165, 1.54) is 12.0 Å². The Hall–Kier alpha value is -3.02. The average Bonchev–Trinajstić information content (AvgIpc) is 2.65. The zero-order chi connectivity index (χ0) is 17.8. The van der Waals surface area contributed by atoms with Crippen LogP contribution in [0.2, 0.25) is 0 Å². The first-order chi connectivity index (χ1) is 12.1. The number of amides is 1. The number of anilines is 1. The summed E-state index contributed by atoms with van der Waals surface area (Å²) in [5, 5.41) is 9.45. The Morgan fingerprint density at radius 1 is 1.20 bits per heavy atom. The number of ether oxygens (including phenoxy) is 2. The summed E-state index contributed by atoms with van der Waals surface area (Å²) in [4.78, 5) is 25.5. The molecule has 1 atom stereocenters. The van der Waals surface area contributed by atoms with Crippen LogP contribution in [0.5, 0.6) is 5.75 Å². The maximum absolute atomic E-state index is 12.5. The molecule has 25 heavy (non-hydrogen) atoms. The van der Waals surface area contributed by atoms with Gasteiger partial charge in [0.25, 0.3) is 0 Å². The summed E-state index contributed by atoms with van der Waals surface area (Å²) in [6, 6.07) is 14.5. The molecule has 2 aromatic carbocycles. The molecule has 0 saturated heterocycles. The number of hydrogen-bond acceptors (Lipinski definition) is 4. The number of rotatable bonds is 4. The minimum absolute atomic E-state index is 0.171. The van der Waals surface area contributed by atoms with E-state index >= 15 is 0 Å². The summed E-state index contributed by atoms with van der Waals surface area (Å²) in [5.74, 6) is -1.01. The summed E-state index contributed by atoms with van der Waals surface area (Å²) < 4.78 is 10.6.